The fraction of sp³-hybridized carbons (Fsp3) is 0.0526. The third-order valence-electron chi connectivity index (χ3n) is 3.72. The van der Waals surface area contributed by atoms with Crippen LogP contribution in [0.3, 0.4) is 0 Å². The fourth-order valence-corrected chi connectivity index (χ4v) is 4.42. The van der Waals surface area contributed by atoms with Gasteiger partial charge in [0.1, 0.15) is 5.75 Å². The quantitative estimate of drug-likeness (QED) is 0.448. The smallest absolute Gasteiger partial charge is 0.269 e. The summed E-state index contributed by atoms with van der Waals surface area (Å²) in [6.07, 6.45) is 0. The summed E-state index contributed by atoms with van der Waals surface area (Å²) in [7, 11) is -2.27. The summed E-state index contributed by atoms with van der Waals surface area (Å²) in [5.41, 5.74) is 0.399. The van der Waals surface area contributed by atoms with Gasteiger partial charge in [-0.2, -0.15) is 0 Å². The van der Waals surface area contributed by atoms with Gasteiger partial charge in [0.25, 0.3) is 15.7 Å². The Hall–Kier alpha value is -3.04. The van der Waals surface area contributed by atoms with Gasteiger partial charge >= 0.3 is 0 Å². The van der Waals surface area contributed by atoms with Gasteiger partial charge in [0.05, 0.1) is 22.6 Å². The number of nitrogens with one attached hydrogen (secondary N) is 1. The topological polar surface area (TPSA) is 98.5 Å². The molecule has 0 heterocycles. The highest BCUT2D eigenvalue weighted by atomic mass is 32.2. The Morgan fingerprint density at radius 2 is 1.68 bits per heavy atom. The van der Waals surface area contributed by atoms with Crippen molar-refractivity contribution in [3.63, 3.8) is 0 Å². The van der Waals surface area contributed by atoms with Crippen LogP contribution in [0.25, 0.3) is 0 Å². The Labute approximate surface area is 166 Å². The molecule has 3 rings (SSSR count). The number of non-ortho nitro benzene ring substituents is 1. The molecule has 3 aromatic carbocycles. The van der Waals surface area contributed by atoms with E-state index in [2.05, 4.69) is 4.72 Å². The molecule has 0 fully saturated rings. The summed E-state index contributed by atoms with van der Waals surface area (Å²) < 4.78 is 33.0. The number of hydrogen-bond donors (Lipinski definition) is 1. The Kier molecular flexibility index (Phi) is 5.86. The van der Waals surface area contributed by atoms with Crippen molar-refractivity contribution >= 4 is 33.2 Å². The van der Waals surface area contributed by atoms with E-state index in [1.165, 1.54) is 37.1 Å². The van der Waals surface area contributed by atoms with Gasteiger partial charge in [-0.05, 0) is 42.5 Å². The van der Waals surface area contributed by atoms with Crippen LogP contribution in [0.4, 0.5) is 11.4 Å². The van der Waals surface area contributed by atoms with E-state index in [9.17, 15) is 18.5 Å². The Bertz CT molecular complexity index is 1100. The first kappa shape index (κ1) is 19.7. The zero-order chi connectivity index (χ0) is 20.1. The number of ether oxygens (including phenoxy) is 1. The molecule has 0 spiro atoms. The molecule has 0 aliphatic carbocycles. The maximum Gasteiger partial charge on any atom is 0.269 e. The Morgan fingerprint density at radius 3 is 2.36 bits per heavy atom. The SMILES string of the molecule is COc1cccc(NS(=O)(=O)c2cccc(Sc3ccc([N+](=O)[O-])cc3)c2)c1. The lowest BCUT2D eigenvalue weighted by Gasteiger charge is -2.10. The summed E-state index contributed by atoms with van der Waals surface area (Å²) in [5.74, 6) is 0.544. The maximum absolute atomic E-state index is 12.7. The largest absolute Gasteiger partial charge is 0.497 e. The average Bonchev–Trinajstić information content (AvgIpc) is 2.68. The van der Waals surface area contributed by atoms with Gasteiger partial charge in [0, 0.05) is 28.0 Å². The summed E-state index contributed by atoms with van der Waals surface area (Å²) in [4.78, 5) is 11.8. The zero-order valence-corrected chi connectivity index (χ0v) is 16.4. The first-order valence-electron chi connectivity index (χ1n) is 8.07. The van der Waals surface area contributed by atoms with Crippen molar-refractivity contribution in [2.45, 2.75) is 14.7 Å². The van der Waals surface area contributed by atoms with Crippen LogP contribution >= 0.6 is 11.8 Å². The van der Waals surface area contributed by atoms with Crippen LogP contribution in [0.15, 0.2) is 87.5 Å². The molecule has 3 aromatic rings. The fourth-order valence-electron chi connectivity index (χ4n) is 2.38. The average molecular weight is 416 g/mol. The molecular weight excluding hydrogens is 400 g/mol. The number of nitro benzene ring substituents is 1. The van der Waals surface area contributed by atoms with Crippen molar-refractivity contribution in [1.29, 1.82) is 0 Å². The predicted octanol–water partition coefficient (Wildman–Crippen LogP) is 4.56. The lowest BCUT2D eigenvalue weighted by molar-refractivity contribution is -0.384. The third kappa shape index (κ3) is 4.81. The minimum atomic E-state index is -3.78. The highest BCUT2D eigenvalue weighted by Gasteiger charge is 2.15. The molecule has 0 amide bonds. The lowest BCUT2D eigenvalue weighted by Crippen LogP contribution is -2.12. The molecule has 0 radical (unpaired) electrons. The van der Waals surface area contributed by atoms with Crippen LogP contribution in [-0.4, -0.2) is 20.5 Å². The monoisotopic (exact) mass is 416 g/mol. The van der Waals surface area contributed by atoms with E-state index in [-0.39, 0.29) is 10.6 Å². The first-order chi connectivity index (χ1) is 13.4. The minimum Gasteiger partial charge on any atom is -0.497 e. The number of benzene rings is 3. The second-order valence-electron chi connectivity index (χ2n) is 5.67. The van der Waals surface area contributed by atoms with Crippen molar-refractivity contribution in [3.05, 3.63) is 82.9 Å². The van der Waals surface area contributed by atoms with Gasteiger partial charge in [0.15, 0.2) is 0 Å². The molecule has 0 atom stereocenters. The van der Waals surface area contributed by atoms with Crippen LogP contribution in [0, 0.1) is 10.1 Å². The van der Waals surface area contributed by atoms with E-state index in [1.807, 2.05) is 0 Å². The number of rotatable bonds is 7. The lowest BCUT2D eigenvalue weighted by atomic mass is 10.3. The molecule has 0 saturated carbocycles. The van der Waals surface area contributed by atoms with Crippen molar-refractivity contribution in [2.75, 3.05) is 11.8 Å². The molecule has 0 aliphatic rings. The maximum atomic E-state index is 12.7. The van der Waals surface area contributed by atoms with Gasteiger partial charge in [-0.3, -0.25) is 14.8 Å². The Balaban J connectivity index is 1.80. The van der Waals surface area contributed by atoms with Crippen LogP contribution in [-0.2, 0) is 10.0 Å². The second-order valence-corrected chi connectivity index (χ2v) is 8.49. The number of methoxy groups -OCH3 is 1. The molecule has 0 aromatic heterocycles. The first-order valence-corrected chi connectivity index (χ1v) is 10.4. The molecule has 0 saturated heterocycles. The van der Waals surface area contributed by atoms with E-state index in [0.29, 0.717) is 16.3 Å². The molecule has 7 nitrogen and oxygen atoms in total. The van der Waals surface area contributed by atoms with Gasteiger partial charge in [0.2, 0.25) is 0 Å². The van der Waals surface area contributed by atoms with Crippen LogP contribution in [0.1, 0.15) is 0 Å². The van der Waals surface area contributed by atoms with Crippen LogP contribution in [0.5, 0.6) is 5.75 Å². The summed E-state index contributed by atoms with van der Waals surface area (Å²) in [5, 5.41) is 10.7. The molecule has 1 N–H and O–H groups in total. The minimum absolute atomic E-state index is 0.00293. The number of anilines is 1. The van der Waals surface area contributed by atoms with E-state index in [0.717, 1.165) is 4.90 Å². The number of sulfonamides is 1. The van der Waals surface area contributed by atoms with E-state index in [1.54, 1.807) is 54.6 Å². The highest BCUT2D eigenvalue weighted by molar-refractivity contribution is 7.99. The van der Waals surface area contributed by atoms with Crippen molar-refractivity contribution in [2.24, 2.45) is 0 Å². The second kappa shape index (κ2) is 8.32. The molecule has 144 valence electrons. The molecular formula is C19H16N2O5S2. The normalized spacial score (nSPS) is 11.0. The molecule has 0 aliphatic heterocycles. The van der Waals surface area contributed by atoms with Gasteiger partial charge in [-0.25, -0.2) is 8.42 Å². The van der Waals surface area contributed by atoms with E-state index >= 15 is 0 Å². The van der Waals surface area contributed by atoms with Gasteiger partial charge in [-0.15, -0.1) is 0 Å². The van der Waals surface area contributed by atoms with Crippen LogP contribution in [0.2, 0.25) is 0 Å². The molecule has 0 unspecified atom stereocenters. The highest BCUT2D eigenvalue weighted by Crippen LogP contribution is 2.31. The van der Waals surface area contributed by atoms with Crippen molar-refractivity contribution in [3.8, 4) is 5.75 Å². The number of hydrogen-bond acceptors (Lipinski definition) is 6. The number of nitrogens with zero attached hydrogens (tertiary/aromatic N) is 1. The van der Waals surface area contributed by atoms with E-state index in [4.69, 9.17) is 4.74 Å². The van der Waals surface area contributed by atoms with E-state index < -0.39 is 14.9 Å². The predicted molar refractivity (Wildman–Crippen MR) is 107 cm³/mol. The molecule has 28 heavy (non-hydrogen) atoms. The Morgan fingerprint density at radius 1 is 0.964 bits per heavy atom. The summed E-state index contributed by atoms with van der Waals surface area (Å²) >= 11 is 1.32. The summed E-state index contributed by atoms with van der Waals surface area (Å²) in [6, 6.07) is 19.2. The summed E-state index contributed by atoms with van der Waals surface area (Å²) in [6.45, 7) is 0. The van der Waals surface area contributed by atoms with Gasteiger partial charge < -0.3 is 4.74 Å². The van der Waals surface area contributed by atoms with Crippen molar-refractivity contribution < 1.29 is 18.1 Å². The number of nitro groups is 1. The standard InChI is InChI=1S/C19H16N2O5S2/c1-26-16-5-2-4-14(12-16)20-28(24,25)19-7-3-6-18(13-19)27-17-10-8-15(9-11-17)21(22)23/h2-13,20H,1H3. The van der Waals surface area contributed by atoms with Gasteiger partial charge in [-0.1, -0.05) is 23.9 Å². The molecule has 9 heteroatoms. The zero-order valence-electron chi connectivity index (χ0n) is 14.7. The van der Waals surface area contributed by atoms with Crippen LogP contribution < -0.4 is 9.46 Å². The third-order valence-corrected chi connectivity index (χ3v) is 6.10. The molecule has 0 bridgehead atoms. The van der Waals surface area contributed by atoms with Crippen molar-refractivity contribution in [1.82, 2.24) is 0 Å².